The summed E-state index contributed by atoms with van der Waals surface area (Å²) in [6.45, 7) is 5.16. The van der Waals surface area contributed by atoms with Crippen LogP contribution < -0.4 is 4.90 Å². The number of anilines is 1. The molecule has 1 amide bonds. The summed E-state index contributed by atoms with van der Waals surface area (Å²) < 4.78 is 0. The zero-order chi connectivity index (χ0) is 19.4. The van der Waals surface area contributed by atoms with E-state index in [1.807, 2.05) is 42.5 Å². The molecule has 2 aromatic rings. The van der Waals surface area contributed by atoms with E-state index in [2.05, 4.69) is 4.90 Å². The van der Waals surface area contributed by atoms with Crippen molar-refractivity contribution in [2.24, 2.45) is 0 Å². The first-order valence-electron chi connectivity index (χ1n) is 8.97. The summed E-state index contributed by atoms with van der Waals surface area (Å²) in [6, 6.07) is 10.9. The first kappa shape index (κ1) is 19.3. The number of benzene rings is 1. The van der Waals surface area contributed by atoms with E-state index in [0.29, 0.717) is 38.4 Å². The lowest BCUT2D eigenvalue weighted by molar-refractivity contribution is -0.384. The fourth-order valence-electron chi connectivity index (χ4n) is 3.27. The maximum absolute atomic E-state index is 12.6. The topological polar surface area (TPSA) is 69.9 Å². The Kier molecular flexibility index (Phi) is 6.08. The van der Waals surface area contributed by atoms with Crippen LogP contribution in [0.5, 0.6) is 0 Å². The van der Waals surface area contributed by atoms with Crippen molar-refractivity contribution in [3.8, 4) is 0 Å². The highest BCUT2D eigenvalue weighted by atomic mass is 32.1. The number of rotatable bonds is 6. The molecule has 0 radical (unpaired) electrons. The largest absolute Gasteiger partial charge is 0.363 e. The van der Waals surface area contributed by atoms with Crippen LogP contribution in [0.1, 0.15) is 17.8 Å². The molecule has 2 heterocycles. The van der Waals surface area contributed by atoms with Gasteiger partial charge in [0.05, 0.1) is 17.5 Å². The van der Waals surface area contributed by atoms with Crippen LogP contribution in [0.2, 0.25) is 0 Å². The Morgan fingerprint density at radius 3 is 2.56 bits per heavy atom. The number of likely N-dealkylation sites (N-methyl/N-ethyl adjacent to an activating group) is 1. The Balaban J connectivity index is 1.55. The number of thiophene rings is 1. The quantitative estimate of drug-likeness (QED) is 0.562. The van der Waals surface area contributed by atoms with Crippen molar-refractivity contribution in [1.82, 2.24) is 9.80 Å². The normalized spacial score (nSPS) is 16.1. The van der Waals surface area contributed by atoms with Gasteiger partial charge in [0.15, 0.2) is 0 Å². The lowest BCUT2D eigenvalue weighted by atomic mass is 10.2. The maximum atomic E-state index is 12.6. The molecule has 7 nitrogen and oxygen atoms in total. The molecule has 1 atom stereocenters. The number of nitro benzene ring substituents is 1. The minimum Gasteiger partial charge on any atom is -0.363 e. The molecule has 0 bridgehead atoms. The van der Waals surface area contributed by atoms with Gasteiger partial charge in [-0.3, -0.25) is 19.8 Å². The Bertz CT molecular complexity index is 788. The third kappa shape index (κ3) is 4.45. The minimum absolute atomic E-state index is 0.0609. The molecular weight excluding hydrogens is 364 g/mol. The van der Waals surface area contributed by atoms with Gasteiger partial charge < -0.3 is 9.80 Å². The third-order valence-electron chi connectivity index (χ3n) is 5.08. The molecule has 1 saturated heterocycles. The van der Waals surface area contributed by atoms with Crippen LogP contribution in [0, 0.1) is 10.1 Å². The fraction of sp³-hybridized carbons (Fsp3) is 0.421. The van der Waals surface area contributed by atoms with Gasteiger partial charge in [0, 0.05) is 44.2 Å². The first-order chi connectivity index (χ1) is 13.0. The summed E-state index contributed by atoms with van der Waals surface area (Å²) in [6.07, 6.45) is 0. The average molecular weight is 388 g/mol. The lowest BCUT2D eigenvalue weighted by Crippen LogP contribution is -2.50. The summed E-state index contributed by atoms with van der Waals surface area (Å²) >= 11 is 1.66. The lowest BCUT2D eigenvalue weighted by Gasteiger charge is -2.36. The summed E-state index contributed by atoms with van der Waals surface area (Å²) in [7, 11) is 1.84. The number of carbonyl (C=O) groups excluding carboxylic acids is 1. The zero-order valence-corrected chi connectivity index (χ0v) is 16.4. The van der Waals surface area contributed by atoms with Crippen molar-refractivity contribution in [3.63, 3.8) is 0 Å². The minimum atomic E-state index is -0.341. The van der Waals surface area contributed by atoms with Gasteiger partial charge >= 0.3 is 0 Å². The van der Waals surface area contributed by atoms with Crippen molar-refractivity contribution in [3.05, 3.63) is 56.8 Å². The molecule has 0 N–H and O–H groups in total. The van der Waals surface area contributed by atoms with E-state index in [1.165, 1.54) is 10.9 Å². The van der Waals surface area contributed by atoms with Gasteiger partial charge in [-0.05, 0) is 24.4 Å². The van der Waals surface area contributed by atoms with E-state index >= 15 is 0 Å². The van der Waals surface area contributed by atoms with Gasteiger partial charge in [-0.15, -0.1) is 11.3 Å². The summed E-state index contributed by atoms with van der Waals surface area (Å²) in [5.41, 5.74) is 0.781. The molecule has 1 fully saturated rings. The molecular formula is C19H24N4O3S. The number of nitrogens with zero attached hydrogens (tertiary/aromatic N) is 4. The smallest absolute Gasteiger partial charge is 0.292 e. The van der Waals surface area contributed by atoms with Crippen molar-refractivity contribution < 1.29 is 9.72 Å². The number of piperazine rings is 1. The standard InChI is InChI=1S/C19H24N4O3S/c1-15(18-8-5-13-27-18)20(2)19(24)14-21-9-11-22(12-10-21)16-6-3-4-7-17(16)23(25)26/h3-8,13,15H,9-12,14H2,1-2H3. The van der Waals surface area contributed by atoms with Crippen LogP contribution in [-0.4, -0.2) is 60.4 Å². The van der Waals surface area contributed by atoms with E-state index in [0.717, 1.165) is 0 Å². The molecule has 3 rings (SSSR count). The highest BCUT2D eigenvalue weighted by Gasteiger charge is 2.26. The number of hydrogen-bond acceptors (Lipinski definition) is 6. The SMILES string of the molecule is CC(c1cccs1)N(C)C(=O)CN1CCN(c2ccccc2[N+](=O)[O-])CC1. The molecule has 0 aliphatic carbocycles. The highest BCUT2D eigenvalue weighted by molar-refractivity contribution is 7.10. The van der Waals surface area contributed by atoms with Crippen molar-refractivity contribution in [1.29, 1.82) is 0 Å². The Morgan fingerprint density at radius 1 is 1.22 bits per heavy atom. The second-order valence-corrected chi connectivity index (χ2v) is 7.68. The first-order valence-corrected chi connectivity index (χ1v) is 9.85. The Morgan fingerprint density at radius 2 is 1.93 bits per heavy atom. The zero-order valence-electron chi connectivity index (χ0n) is 15.6. The van der Waals surface area contributed by atoms with Crippen LogP contribution in [0.4, 0.5) is 11.4 Å². The molecule has 27 heavy (non-hydrogen) atoms. The molecule has 1 aromatic carbocycles. The van der Waals surface area contributed by atoms with E-state index in [1.54, 1.807) is 28.4 Å². The van der Waals surface area contributed by atoms with Crippen molar-refractivity contribution >= 4 is 28.6 Å². The van der Waals surface area contributed by atoms with Gasteiger partial charge in [0.2, 0.25) is 5.91 Å². The number of amides is 1. The highest BCUT2D eigenvalue weighted by Crippen LogP contribution is 2.28. The maximum Gasteiger partial charge on any atom is 0.292 e. The van der Waals surface area contributed by atoms with E-state index in [4.69, 9.17) is 0 Å². The molecule has 0 saturated carbocycles. The third-order valence-corrected chi connectivity index (χ3v) is 6.12. The fourth-order valence-corrected chi connectivity index (χ4v) is 4.10. The van der Waals surface area contributed by atoms with Gasteiger partial charge in [-0.25, -0.2) is 0 Å². The molecule has 0 spiro atoms. The molecule has 144 valence electrons. The predicted molar refractivity (Wildman–Crippen MR) is 107 cm³/mol. The molecule has 1 aromatic heterocycles. The second-order valence-electron chi connectivity index (χ2n) is 6.71. The number of carbonyl (C=O) groups is 1. The molecule has 1 unspecified atom stereocenters. The summed E-state index contributed by atoms with van der Waals surface area (Å²) in [5, 5.41) is 13.2. The van der Waals surface area contributed by atoms with E-state index in [9.17, 15) is 14.9 Å². The van der Waals surface area contributed by atoms with Gasteiger partial charge in [0.25, 0.3) is 5.69 Å². The summed E-state index contributed by atoms with van der Waals surface area (Å²) in [4.78, 5) is 30.6. The van der Waals surface area contributed by atoms with Crippen molar-refractivity contribution in [2.75, 3.05) is 44.7 Å². The van der Waals surface area contributed by atoms with E-state index in [-0.39, 0.29) is 22.6 Å². The van der Waals surface area contributed by atoms with Crippen LogP contribution in [-0.2, 0) is 4.79 Å². The second kappa shape index (κ2) is 8.49. The average Bonchev–Trinajstić information content (AvgIpc) is 3.22. The predicted octanol–water partition coefficient (Wildman–Crippen LogP) is 3.00. The monoisotopic (exact) mass is 388 g/mol. The van der Waals surface area contributed by atoms with Gasteiger partial charge in [-0.2, -0.15) is 0 Å². The van der Waals surface area contributed by atoms with Crippen LogP contribution in [0.25, 0.3) is 0 Å². The van der Waals surface area contributed by atoms with E-state index < -0.39 is 0 Å². The summed E-state index contributed by atoms with van der Waals surface area (Å²) in [5.74, 6) is 0.0926. The van der Waals surface area contributed by atoms with Crippen molar-refractivity contribution in [2.45, 2.75) is 13.0 Å². The Labute approximate surface area is 163 Å². The molecule has 8 heteroatoms. The van der Waals surface area contributed by atoms with Gasteiger partial charge in [0.1, 0.15) is 5.69 Å². The molecule has 1 aliphatic heterocycles. The molecule has 1 aliphatic rings. The van der Waals surface area contributed by atoms with Crippen LogP contribution in [0.3, 0.4) is 0 Å². The number of nitro groups is 1. The Hall–Kier alpha value is -2.45. The number of para-hydroxylation sites is 2. The van der Waals surface area contributed by atoms with Gasteiger partial charge in [-0.1, -0.05) is 18.2 Å². The van der Waals surface area contributed by atoms with Crippen LogP contribution >= 0.6 is 11.3 Å². The number of hydrogen-bond donors (Lipinski definition) is 0. The van der Waals surface area contributed by atoms with Crippen LogP contribution in [0.15, 0.2) is 41.8 Å².